The maximum atomic E-state index is 12.1. The van der Waals surface area contributed by atoms with Crippen molar-refractivity contribution in [1.82, 2.24) is 14.9 Å². The molecule has 0 aliphatic carbocycles. The first-order valence-electron chi connectivity index (χ1n) is 11.7. The third-order valence-electron chi connectivity index (χ3n) is 6.27. The van der Waals surface area contributed by atoms with E-state index in [1.165, 1.54) is 17.2 Å². The molecule has 1 N–H and O–H groups in total. The number of thiophene rings is 1. The van der Waals surface area contributed by atoms with Crippen LogP contribution in [0.1, 0.15) is 33.2 Å². The highest BCUT2D eigenvalue weighted by Gasteiger charge is 2.26. The molecule has 35 heavy (non-hydrogen) atoms. The van der Waals surface area contributed by atoms with Gasteiger partial charge in [0.2, 0.25) is 5.91 Å². The van der Waals surface area contributed by atoms with E-state index in [0.717, 1.165) is 38.5 Å². The highest BCUT2D eigenvalue weighted by molar-refractivity contribution is 7.19. The molecule has 4 aromatic rings. The average molecular weight is 485 g/mol. The van der Waals surface area contributed by atoms with Gasteiger partial charge in [-0.15, -0.1) is 11.3 Å². The summed E-state index contributed by atoms with van der Waals surface area (Å²) in [6, 6.07) is 18.6. The molecule has 178 valence electrons. The summed E-state index contributed by atoms with van der Waals surface area (Å²) in [5.41, 5.74) is 4.75. The molecular weight excluding hydrogens is 456 g/mol. The number of fused-ring (bicyclic) bond motifs is 3. The zero-order valence-electron chi connectivity index (χ0n) is 19.7. The first kappa shape index (κ1) is 23.2. The maximum absolute atomic E-state index is 12.1. The SMILES string of the molecule is C=CC(=O)N1CCc2c(sc3ncnc(N[C@H](COCc4cccc(C)c4)c4ccccc4)c23)C1. The summed E-state index contributed by atoms with van der Waals surface area (Å²) in [6.07, 6.45) is 3.76. The van der Waals surface area contributed by atoms with Crippen LogP contribution in [0.3, 0.4) is 0 Å². The van der Waals surface area contributed by atoms with Gasteiger partial charge in [-0.25, -0.2) is 9.97 Å². The van der Waals surface area contributed by atoms with E-state index in [1.54, 1.807) is 17.7 Å². The van der Waals surface area contributed by atoms with E-state index in [2.05, 4.69) is 65.2 Å². The van der Waals surface area contributed by atoms with Crippen molar-refractivity contribution in [3.8, 4) is 0 Å². The highest BCUT2D eigenvalue weighted by atomic mass is 32.1. The maximum Gasteiger partial charge on any atom is 0.246 e. The van der Waals surface area contributed by atoms with Crippen molar-refractivity contribution in [2.75, 3.05) is 18.5 Å². The molecule has 0 saturated heterocycles. The molecule has 3 heterocycles. The van der Waals surface area contributed by atoms with Gasteiger partial charge in [0.15, 0.2) is 0 Å². The van der Waals surface area contributed by atoms with E-state index in [9.17, 15) is 4.79 Å². The predicted molar refractivity (Wildman–Crippen MR) is 140 cm³/mol. The Morgan fingerprint density at radius 2 is 2.09 bits per heavy atom. The first-order valence-corrected chi connectivity index (χ1v) is 12.6. The van der Waals surface area contributed by atoms with Crippen molar-refractivity contribution in [1.29, 1.82) is 0 Å². The van der Waals surface area contributed by atoms with Gasteiger partial charge in [0.05, 0.1) is 31.2 Å². The van der Waals surface area contributed by atoms with Crippen molar-refractivity contribution in [2.45, 2.75) is 32.5 Å². The van der Waals surface area contributed by atoms with Crippen LogP contribution in [0.15, 0.2) is 73.6 Å². The van der Waals surface area contributed by atoms with Crippen molar-refractivity contribution in [2.24, 2.45) is 0 Å². The van der Waals surface area contributed by atoms with Gasteiger partial charge in [0.1, 0.15) is 17.0 Å². The normalized spacial score (nSPS) is 13.9. The zero-order chi connectivity index (χ0) is 24.2. The lowest BCUT2D eigenvalue weighted by atomic mass is 10.0. The zero-order valence-corrected chi connectivity index (χ0v) is 20.6. The fraction of sp³-hybridized carbons (Fsp3) is 0.250. The Balaban J connectivity index is 1.40. The second-order valence-electron chi connectivity index (χ2n) is 8.73. The second-order valence-corrected chi connectivity index (χ2v) is 9.82. The average Bonchev–Trinajstić information content (AvgIpc) is 3.27. The Kier molecular flexibility index (Phi) is 6.88. The predicted octanol–water partition coefficient (Wildman–Crippen LogP) is 5.44. The van der Waals surface area contributed by atoms with Crippen molar-refractivity contribution in [3.63, 3.8) is 0 Å². The van der Waals surface area contributed by atoms with Crippen LogP contribution in [-0.4, -0.2) is 33.9 Å². The minimum atomic E-state index is -0.0721. The standard InChI is InChI=1S/C28H28N4O2S/c1-3-25(33)32-13-12-22-24(15-32)35-28-26(22)27(29-18-30-28)31-23(21-10-5-4-6-11-21)17-34-16-20-9-7-8-19(2)14-20/h3-11,14,18,23H,1,12-13,15-17H2,2H3,(H,29,30,31)/t23-/m1/s1. The monoisotopic (exact) mass is 484 g/mol. The van der Waals surface area contributed by atoms with Crippen LogP contribution in [0, 0.1) is 6.92 Å². The number of carbonyl (C=O) groups excluding carboxylic acids is 1. The summed E-state index contributed by atoms with van der Waals surface area (Å²) in [4.78, 5) is 25.2. The summed E-state index contributed by atoms with van der Waals surface area (Å²) in [7, 11) is 0. The van der Waals surface area contributed by atoms with E-state index in [1.807, 2.05) is 23.1 Å². The largest absolute Gasteiger partial charge is 0.374 e. The molecule has 1 atom stereocenters. The number of aromatic nitrogens is 2. The molecule has 0 radical (unpaired) electrons. The number of aryl methyl sites for hydroxylation is 1. The van der Waals surface area contributed by atoms with Crippen LogP contribution in [0.4, 0.5) is 5.82 Å². The van der Waals surface area contributed by atoms with Gasteiger partial charge in [0.25, 0.3) is 0 Å². The van der Waals surface area contributed by atoms with E-state index in [0.29, 0.717) is 26.3 Å². The fourth-order valence-corrected chi connectivity index (χ4v) is 5.73. The third kappa shape index (κ3) is 5.11. The number of rotatable bonds is 8. The third-order valence-corrected chi connectivity index (χ3v) is 7.40. The van der Waals surface area contributed by atoms with Crippen LogP contribution in [-0.2, 0) is 29.1 Å². The van der Waals surface area contributed by atoms with Gasteiger partial charge in [-0.3, -0.25) is 4.79 Å². The number of hydrogen-bond acceptors (Lipinski definition) is 6. The van der Waals surface area contributed by atoms with Crippen LogP contribution in [0.5, 0.6) is 0 Å². The molecule has 7 heteroatoms. The number of anilines is 1. The molecule has 0 fully saturated rings. The Bertz CT molecular complexity index is 1350. The molecule has 6 nitrogen and oxygen atoms in total. The lowest BCUT2D eigenvalue weighted by molar-refractivity contribution is -0.126. The van der Waals surface area contributed by atoms with Gasteiger partial charge >= 0.3 is 0 Å². The smallest absolute Gasteiger partial charge is 0.246 e. The van der Waals surface area contributed by atoms with Gasteiger partial charge in [-0.05, 0) is 36.1 Å². The van der Waals surface area contributed by atoms with Crippen LogP contribution >= 0.6 is 11.3 Å². The summed E-state index contributed by atoms with van der Waals surface area (Å²) in [5.74, 6) is 0.774. The van der Waals surface area contributed by atoms with E-state index < -0.39 is 0 Å². The number of carbonyl (C=O) groups is 1. The molecule has 5 rings (SSSR count). The van der Waals surface area contributed by atoms with E-state index >= 15 is 0 Å². The first-order chi connectivity index (χ1) is 17.1. The van der Waals surface area contributed by atoms with E-state index in [-0.39, 0.29) is 11.9 Å². The lowest BCUT2D eigenvalue weighted by Crippen LogP contribution is -2.34. The van der Waals surface area contributed by atoms with Crippen LogP contribution in [0.25, 0.3) is 10.2 Å². The van der Waals surface area contributed by atoms with E-state index in [4.69, 9.17) is 4.74 Å². The minimum absolute atomic E-state index is 0.0348. The van der Waals surface area contributed by atoms with Crippen molar-refractivity contribution >= 4 is 33.3 Å². The van der Waals surface area contributed by atoms with Gasteiger partial charge in [-0.1, -0.05) is 66.7 Å². The van der Waals surface area contributed by atoms with Gasteiger partial charge in [-0.2, -0.15) is 0 Å². The summed E-state index contributed by atoms with van der Waals surface area (Å²) in [6.45, 7) is 8.01. The number of amides is 1. The summed E-state index contributed by atoms with van der Waals surface area (Å²) < 4.78 is 6.17. The minimum Gasteiger partial charge on any atom is -0.374 e. The second kappa shape index (κ2) is 10.4. The van der Waals surface area contributed by atoms with Crippen molar-refractivity contribution < 1.29 is 9.53 Å². The molecule has 1 aliphatic rings. The molecule has 0 spiro atoms. The Labute approximate surface area is 209 Å². The molecule has 2 aromatic carbocycles. The van der Waals surface area contributed by atoms with Gasteiger partial charge < -0.3 is 15.0 Å². The number of nitrogens with one attached hydrogen (secondary N) is 1. The van der Waals surface area contributed by atoms with Gasteiger partial charge in [0, 0.05) is 11.4 Å². The quantitative estimate of drug-likeness (QED) is 0.337. The molecule has 2 aromatic heterocycles. The number of ether oxygens (including phenoxy) is 1. The Morgan fingerprint density at radius 1 is 1.23 bits per heavy atom. The molecular formula is C28H28N4O2S. The number of nitrogens with zero attached hydrogens (tertiary/aromatic N) is 3. The Hall–Kier alpha value is -3.55. The lowest BCUT2D eigenvalue weighted by Gasteiger charge is -2.26. The number of hydrogen-bond donors (Lipinski definition) is 1. The summed E-state index contributed by atoms with van der Waals surface area (Å²) >= 11 is 1.63. The van der Waals surface area contributed by atoms with Crippen LogP contribution in [0.2, 0.25) is 0 Å². The molecule has 0 saturated carbocycles. The highest BCUT2D eigenvalue weighted by Crippen LogP contribution is 2.38. The molecule has 1 amide bonds. The number of benzene rings is 2. The Morgan fingerprint density at radius 3 is 2.89 bits per heavy atom. The topological polar surface area (TPSA) is 67.4 Å². The fourth-order valence-electron chi connectivity index (χ4n) is 4.52. The van der Waals surface area contributed by atoms with Crippen LogP contribution < -0.4 is 5.32 Å². The molecule has 0 bridgehead atoms. The molecule has 1 aliphatic heterocycles. The van der Waals surface area contributed by atoms with Crippen molar-refractivity contribution in [3.05, 3.63) is 101 Å². The molecule has 0 unspecified atom stereocenters. The summed E-state index contributed by atoms with van der Waals surface area (Å²) in [5, 5.41) is 4.70.